The zero-order valence-corrected chi connectivity index (χ0v) is 11.9. The summed E-state index contributed by atoms with van der Waals surface area (Å²) in [6.07, 6.45) is 4.95. The molecule has 2 aromatic heterocycles. The number of imidazole rings is 1. The Morgan fingerprint density at radius 2 is 2.05 bits per heavy atom. The van der Waals surface area contributed by atoms with E-state index in [1.807, 2.05) is 24.3 Å². The van der Waals surface area contributed by atoms with Gasteiger partial charge in [0.1, 0.15) is 12.0 Å². The summed E-state index contributed by atoms with van der Waals surface area (Å²) >= 11 is 3.40. The SMILES string of the molecule is O=C(O)Cc1cn2cncc(-c3ccc(Br)cc3)c2n1. The van der Waals surface area contributed by atoms with Crippen LogP contribution >= 0.6 is 15.9 Å². The number of carboxylic acids is 1. The third-order valence-corrected chi connectivity index (χ3v) is 3.43. The van der Waals surface area contributed by atoms with Crippen molar-refractivity contribution in [2.45, 2.75) is 6.42 Å². The van der Waals surface area contributed by atoms with Gasteiger partial charge in [-0.2, -0.15) is 0 Å². The number of carboxylic acid groups (broad SMARTS) is 1. The maximum atomic E-state index is 10.8. The van der Waals surface area contributed by atoms with Gasteiger partial charge in [0.05, 0.1) is 12.1 Å². The summed E-state index contributed by atoms with van der Waals surface area (Å²) in [6.45, 7) is 0. The van der Waals surface area contributed by atoms with Crippen LogP contribution < -0.4 is 0 Å². The van der Waals surface area contributed by atoms with Crippen LogP contribution in [-0.4, -0.2) is 25.4 Å². The van der Waals surface area contributed by atoms with Gasteiger partial charge in [-0.1, -0.05) is 28.1 Å². The molecule has 0 atom stereocenters. The van der Waals surface area contributed by atoms with Crippen LogP contribution in [0.15, 0.2) is 47.5 Å². The number of rotatable bonds is 3. The lowest BCUT2D eigenvalue weighted by Gasteiger charge is -2.03. The molecule has 20 heavy (non-hydrogen) atoms. The number of nitrogens with zero attached hydrogens (tertiary/aromatic N) is 3. The molecule has 2 heterocycles. The van der Waals surface area contributed by atoms with E-state index in [4.69, 9.17) is 5.11 Å². The van der Waals surface area contributed by atoms with Gasteiger partial charge in [0.2, 0.25) is 0 Å². The smallest absolute Gasteiger partial charge is 0.309 e. The second kappa shape index (κ2) is 5.05. The van der Waals surface area contributed by atoms with Gasteiger partial charge in [0.15, 0.2) is 0 Å². The summed E-state index contributed by atoms with van der Waals surface area (Å²) in [5, 5.41) is 8.84. The zero-order chi connectivity index (χ0) is 14.1. The predicted octanol–water partition coefficient (Wildman–Crippen LogP) is 2.79. The van der Waals surface area contributed by atoms with Gasteiger partial charge in [-0.3, -0.25) is 9.20 Å². The van der Waals surface area contributed by atoms with Gasteiger partial charge in [-0.15, -0.1) is 0 Å². The second-order valence-corrected chi connectivity index (χ2v) is 5.26. The minimum atomic E-state index is -0.897. The van der Waals surface area contributed by atoms with Crippen LogP contribution in [0.5, 0.6) is 0 Å². The van der Waals surface area contributed by atoms with E-state index in [1.54, 1.807) is 23.1 Å². The molecule has 0 saturated carbocycles. The molecule has 1 N–H and O–H groups in total. The monoisotopic (exact) mass is 331 g/mol. The van der Waals surface area contributed by atoms with Gasteiger partial charge in [0, 0.05) is 22.4 Å². The number of benzene rings is 1. The molecule has 6 heteroatoms. The molecule has 0 saturated heterocycles. The van der Waals surface area contributed by atoms with Crippen molar-refractivity contribution >= 4 is 27.5 Å². The highest BCUT2D eigenvalue weighted by molar-refractivity contribution is 9.10. The minimum absolute atomic E-state index is 0.0958. The summed E-state index contributed by atoms with van der Waals surface area (Å²) in [6, 6.07) is 7.82. The van der Waals surface area contributed by atoms with Crippen LogP contribution in [0.1, 0.15) is 5.69 Å². The molecular formula is C14H10BrN3O2. The van der Waals surface area contributed by atoms with Gasteiger partial charge >= 0.3 is 5.97 Å². The van der Waals surface area contributed by atoms with E-state index in [0.717, 1.165) is 15.6 Å². The average Bonchev–Trinajstić information content (AvgIpc) is 2.80. The van der Waals surface area contributed by atoms with E-state index in [2.05, 4.69) is 25.9 Å². The Balaban J connectivity index is 2.13. The first-order valence-corrected chi connectivity index (χ1v) is 6.72. The van der Waals surface area contributed by atoms with Crippen molar-refractivity contribution in [1.82, 2.24) is 14.4 Å². The van der Waals surface area contributed by atoms with Crippen molar-refractivity contribution in [3.63, 3.8) is 0 Å². The van der Waals surface area contributed by atoms with E-state index < -0.39 is 5.97 Å². The fourth-order valence-electron chi connectivity index (χ4n) is 2.04. The van der Waals surface area contributed by atoms with Crippen LogP contribution in [0.4, 0.5) is 0 Å². The van der Waals surface area contributed by atoms with Crippen LogP contribution in [0.25, 0.3) is 16.8 Å². The molecule has 0 bridgehead atoms. The molecule has 100 valence electrons. The number of fused-ring (bicyclic) bond motifs is 1. The minimum Gasteiger partial charge on any atom is -0.481 e. The third kappa shape index (κ3) is 2.42. The van der Waals surface area contributed by atoms with Crippen molar-refractivity contribution in [1.29, 1.82) is 0 Å². The lowest BCUT2D eigenvalue weighted by molar-refractivity contribution is -0.136. The summed E-state index contributed by atoms with van der Waals surface area (Å²) < 4.78 is 2.74. The Kier molecular flexibility index (Phi) is 3.23. The fraction of sp³-hybridized carbons (Fsp3) is 0.0714. The summed E-state index contributed by atoms with van der Waals surface area (Å²) in [5.41, 5.74) is 3.08. The van der Waals surface area contributed by atoms with Crippen LogP contribution in [0.2, 0.25) is 0 Å². The van der Waals surface area contributed by atoms with E-state index in [9.17, 15) is 4.79 Å². The zero-order valence-electron chi connectivity index (χ0n) is 10.3. The normalized spacial score (nSPS) is 10.8. The molecule has 1 aromatic carbocycles. The molecule has 3 aromatic rings. The highest BCUT2D eigenvalue weighted by Crippen LogP contribution is 2.25. The van der Waals surface area contributed by atoms with Crippen molar-refractivity contribution in [3.05, 3.63) is 53.2 Å². The molecule has 0 fully saturated rings. The Hall–Kier alpha value is -2.21. The van der Waals surface area contributed by atoms with Crippen LogP contribution in [0, 0.1) is 0 Å². The first-order chi connectivity index (χ1) is 9.63. The highest BCUT2D eigenvalue weighted by atomic mass is 79.9. The summed E-state index contributed by atoms with van der Waals surface area (Å²) in [4.78, 5) is 19.3. The van der Waals surface area contributed by atoms with E-state index in [1.165, 1.54) is 0 Å². The van der Waals surface area contributed by atoms with Crippen LogP contribution in [0.3, 0.4) is 0 Å². The lowest BCUT2D eigenvalue weighted by atomic mass is 10.1. The van der Waals surface area contributed by atoms with Gasteiger partial charge in [-0.25, -0.2) is 9.97 Å². The number of aromatic nitrogens is 3. The highest BCUT2D eigenvalue weighted by Gasteiger charge is 2.10. The Bertz CT molecular complexity index is 781. The van der Waals surface area contributed by atoms with Crippen LogP contribution in [-0.2, 0) is 11.2 Å². The first-order valence-electron chi connectivity index (χ1n) is 5.93. The number of hydrogen-bond acceptors (Lipinski definition) is 3. The molecule has 0 unspecified atom stereocenters. The molecule has 0 radical (unpaired) electrons. The van der Waals surface area contributed by atoms with Gasteiger partial charge in [0.25, 0.3) is 0 Å². The maximum Gasteiger partial charge on any atom is 0.309 e. The van der Waals surface area contributed by atoms with Crippen molar-refractivity contribution in [3.8, 4) is 11.1 Å². The molecular weight excluding hydrogens is 322 g/mol. The van der Waals surface area contributed by atoms with Crippen molar-refractivity contribution < 1.29 is 9.90 Å². The largest absolute Gasteiger partial charge is 0.481 e. The summed E-state index contributed by atoms with van der Waals surface area (Å²) in [5.74, 6) is -0.897. The molecule has 5 nitrogen and oxygen atoms in total. The topological polar surface area (TPSA) is 67.5 Å². The quantitative estimate of drug-likeness (QED) is 0.801. The maximum absolute atomic E-state index is 10.8. The van der Waals surface area contributed by atoms with E-state index in [-0.39, 0.29) is 6.42 Å². The first kappa shape index (κ1) is 12.8. The van der Waals surface area contributed by atoms with Crippen molar-refractivity contribution in [2.75, 3.05) is 0 Å². The molecule has 0 amide bonds. The lowest BCUT2D eigenvalue weighted by Crippen LogP contribution is -1.99. The molecule has 0 aliphatic rings. The number of carbonyl (C=O) groups is 1. The predicted molar refractivity (Wildman–Crippen MR) is 77.5 cm³/mol. The standard InChI is InChI=1S/C14H10BrN3O2/c15-10-3-1-9(2-4-10)12-6-16-8-18-7-11(5-13(19)20)17-14(12)18/h1-4,6-8H,5H2,(H,19,20). The molecule has 0 aliphatic heterocycles. The number of hydrogen-bond donors (Lipinski definition) is 1. The number of halogens is 1. The van der Waals surface area contributed by atoms with Crippen molar-refractivity contribution in [2.24, 2.45) is 0 Å². The van der Waals surface area contributed by atoms with E-state index >= 15 is 0 Å². The Morgan fingerprint density at radius 1 is 1.30 bits per heavy atom. The molecule has 3 rings (SSSR count). The third-order valence-electron chi connectivity index (χ3n) is 2.91. The number of aliphatic carboxylic acids is 1. The second-order valence-electron chi connectivity index (χ2n) is 4.35. The molecule has 0 aliphatic carbocycles. The van der Waals surface area contributed by atoms with Gasteiger partial charge < -0.3 is 5.11 Å². The fourth-order valence-corrected chi connectivity index (χ4v) is 2.31. The van der Waals surface area contributed by atoms with Gasteiger partial charge in [-0.05, 0) is 17.7 Å². The summed E-state index contributed by atoms with van der Waals surface area (Å²) in [7, 11) is 0. The molecule has 0 spiro atoms. The van der Waals surface area contributed by atoms with E-state index in [0.29, 0.717) is 11.3 Å². The Labute approximate surface area is 123 Å². The Morgan fingerprint density at radius 3 is 2.75 bits per heavy atom. The average molecular weight is 332 g/mol.